The molecule has 0 aliphatic heterocycles. The number of nitrogens with one attached hydrogen (secondary N) is 2. The first-order valence-electron chi connectivity index (χ1n) is 5.00. The number of phosphoric ester groups is 1. The summed E-state index contributed by atoms with van der Waals surface area (Å²) in [5, 5.41) is -0.0281. The molecular weight excluding hydrogens is 287 g/mol. The maximum Gasteiger partial charge on any atom is 0.469 e. The molecule has 0 aliphatic carbocycles. The molecule has 0 aliphatic rings. The number of aromatic amines is 2. The lowest BCUT2D eigenvalue weighted by Gasteiger charge is -2.05. The van der Waals surface area contributed by atoms with Crippen LogP contribution in [0.1, 0.15) is 18.4 Å². The van der Waals surface area contributed by atoms with Crippen molar-refractivity contribution in [2.45, 2.75) is 19.3 Å². The van der Waals surface area contributed by atoms with Gasteiger partial charge in [-0.1, -0.05) is 11.6 Å². The van der Waals surface area contributed by atoms with Gasteiger partial charge in [0.05, 0.1) is 12.2 Å². The molecule has 0 spiro atoms. The predicted octanol–water partition coefficient (Wildman–Crippen LogP) is 0.149. The molecule has 0 radical (unpaired) electrons. The van der Waals surface area contributed by atoms with E-state index in [9.17, 15) is 14.2 Å². The van der Waals surface area contributed by atoms with Crippen LogP contribution in [-0.2, 0) is 15.5 Å². The molecule has 1 heterocycles. The molecule has 0 atom stereocenters. The smallest absolute Gasteiger partial charge is 0.303 e. The van der Waals surface area contributed by atoms with E-state index in [0.29, 0.717) is 12.8 Å². The third-order valence-corrected chi connectivity index (χ3v) is 2.91. The molecule has 10 heteroatoms. The summed E-state index contributed by atoms with van der Waals surface area (Å²) < 4.78 is 14.6. The topological polar surface area (TPSA) is 132 Å². The van der Waals surface area contributed by atoms with Crippen molar-refractivity contribution in [2.75, 3.05) is 6.61 Å². The molecule has 18 heavy (non-hydrogen) atoms. The summed E-state index contributed by atoms with van der Waals surface area (Å²) in [5.74, 6) is 0. The number of unbranched alkanes of at least 4 members (excludes halogenated alkanes) is 1. The maximum atomic E-state index is 11.4. The Morgan fingerprint density at radius 1 is 1.22 bits per heavy atom. The number of hydrogen-bond donors (Lipinski definition) is 4. The van der Waals surface area contributed by atoms with Crippen molar-refractivity contribution in [2.24, 2.45) is 0 Å². The van der Waals surface area contributed by atoms with Crippen molar-refractivity contribution in [1.29, 1.82) is 0 Å². The second-order valence-corrected chi connectivity index (χ2v) is 5.10. The first-order valence-corrected chi connectivity index (χ1v) is 6.91. The van der Waals surface area contributed by atoms with E-state index in [1.165, 1.54) is 0 Å². The van der Waals surface area contributed by atoms with Gasteiger partial charge in [0, 0.05) is 0 Å². The number of aromatic nitrogens is 2. The fourth-order valence-corrected chi connectivity index (χ4v) is 1.93. The van der Waals surface area contributed by atoms with Gasteiger partial charge in [-0.25, -0.2) is 9.36 Å². The average Bonchev–Trinajstić information content (AvgIpc) is 2.19. The van der Waals surface area contributed by atoms with E-state index in [2.05, 4.69) is 9.51 Å². The van der Waals surface area contributed by atoms with Gasteiger partial charge in [-0.2, -0.15) is 0 Å². The van der Waals surface area contributed by atoms with Crippen molar-refractivity contribution in [3.05, 3.63) is 31.6 Å². The van der Waals surface area contributed by atoms with Crippen LogP contribution in [0.2, 0.25) is 5.15 Å². The Bertz CT molecular complexity index is 561. The molecule has 0 bridgehead atoms. The largest absolute Gasteiger partial charge is 0.469 e. The highest BCUT2D eigenvalue weighted by Crippen LogP contribution is 2.35. The minimum absolute atomic E-state index is 0.0281. The van der Waals surface area contributed by atoms with Gasteiger partial charge in [0.25, 0.3) is 5.56 Å². The van der Waals surface area contributed by atoms with Gasteiger partial charge in [-0.15, -0.1) is 0 Å². The lowest BCUT2D eigenvalue weighted by atomic mass is 10.1. The quantitative estimate of drug-likeness (QED) is 0.336. The van der Waals surface area contributed by atoms with Gasteiger partial charge in [0.2, 0.25) is 0 Å². The fourth-order valence-electron chi connectivity index (χ4n) is 1.30. The average molecular weight is 299 g/mol. The standard InChI is InChI=1S/C8H12ClN2O6P/c9-6-5(7(12)11-8(13)10-6)3-1-2-4-17-18(14,15)16/h1-4H2,(H2,14,15,16)(H2,10,11,12,13). The van der Waals surface area contributed by atoms with E-state index >= 15 is 0 Å². The van der Waals surface area contributed by atoms with Crippen molar-refractivity contribution < 1.29 is 18.9 Å². The number of hydrogen-bond acceptors (Lipinski definition) is 4. The van der Waals surface area contributed by atoms with E-state index in [1.54, 1.807) is 0 Å². The summed E-state index contributed by atoms with van der Waals surface area (Å²) in [6.07, 6.45) is 1.06. The molecule has 1 rings (SSSR count). The third kappa shape index (κ3) is 5.16. The first kappa shape index (κ1) is 15.1. The molecular formula is C8H12ClN2O6P. The summed E-state index contributed by atoms with van der Waals surface area (Å²) in [6, 6.07) is 0. The highest BCUT2D eigenvalue weighted by molar-refractivity contribution is 7.46. The van der Waals surface area contributed by atoms with E-state index in [1.807, 2.05) is 4.98 Å². The summed E-state index contributed by atoms with van der Waals surface area (Å²) in [6.45, 7) is -0.122. The van der Waals surface area contributed by atoms with Crippen LogP contribution in [-0.4, -0.2) is 26.4 Å². The third-order valence-electron chi connectivity index (χ3n) is 2.07. The molecule has 1 aromatic heterocycles. The second kappa shape index (κ2) is 6.31. The van der Waals surface area contributed by atoms with Crippen molar-refractivity contribution in [3.63, 3.8) is 0 Å². The minimum Gasteiger partial charge on any atom is -0.303 e. The molecule has 1 aromatic rings. The fraction of sp³-hybridized carbons (Fsp3) is 0.500. The van der Waals surface area contributed by atoms with E-state index in [-0.39, 0.29) is 23.7 Å². The lowest BCUT2D eigenvalue weighted by Crippen LogP contribution is -2.25. The summed E-state index contributed by atoms with van der Waals surface area (Å²) >= 11 is 5.69. The van der Waals surface area contributed by atoms with Crippen LogP contribution < -0.4 is 11.2 Å². The molecule has 0 saturated heterocycles. The summed E-state index contributed by atoms with van der Waals surface area (Å²) in [5.41, 5.74) is -1.02. The Labute approximate surface area is 106 Å². The zero-order valence-electron chi connectivity index (χ0n) is 9.18. The van der Waals surface area contributed by atoms with Crippen molar-refractivity contribution in [3.8, 4) is 0 Å². The summed E-state index contributed by atoms with van der Waals surface area (Å²) in [4.78, 5) is 43.3. The summed E-state index contributed by atoms with van der Waals surface area (Å²) in [7, 11) is -4.44. The Morgan fingerprint density at radius 3 is 2.44 bits per heavy atom. The van der Waals surface area contributed by atoms with Crippen LogP contribution in [0.3, 0.4) is 0 Å². The second-order valence-electron chi connectivity index (χ2n) is 3.48. The van der Waals surface area contributed by atoms with Gasteiger partial charge >= 0.3 is 13.5 Å². The Hall–Kier alpha value is -0.920. The monoisotopic (exact) mass is 298 g/mol. The molecule has 102 valence electrons. The van der Waals surface area contributed by atoms with Crippen molar-refractivity contribution >= 4 is 19.4 Å². The first-order chi connectivity index (χ1) is 8.29. The molecule has 8 nitrogen and oxygen atoms in total. The highest BCUT2D eigenvalue weighted by Gasteiger charge is 2.13. The molecule has 0 fully saturated rings. The lowest BCUT2D eigenvalue weighted by molar-refractivity contribution is 0.194. The van der Waals surface area contributed by atoms with Crippen LogP contribution in [0.15, 0.2) is 9.59 Å². The number of H-pyrrole nitrogens is 2. The Morgan fingerprint density at radius 2 is 1.89 bits per heavy atom. The van der Waals surface area contributed by atoms with Gasteiger partial charge in [-0.05, 0) is 19.3 Å². The van der Waals surface area contributed by atoms with Crippen LogP contribution in [0, 0.1) is 0 Å². The molecule has 0 aromatic carbocycles. The Kier molecular flexibility index (Phi) is 5.30. The zero-order valence-corrected chi connectivity index (χ0v) is 10.8. The number of rotatable bonds is 6. The van der Waals surface area contributed by atoms with Crippen LogP contribution in [0.5, 0.6) is 0 Å². The SMILES string of the molecule is O=c1[nH]c(Cl)c(CCCCOP(=O)(O)O)c(=O)[nH]1. The zero-order chi connectivity index (χ0) is 13.8. The van der Waals surface area contributed by atoms with Gasteiger partial charge in [0.1, 0.15) is 5.15 Å². The van der Waals surface area contributed by atoms with Crippen LogP contribution in [0.4, 0.5) is 0 Å². The predicted molar refractivity (Wildman–Crippen MR) is 63.6 cm³/mol. The molecule has 0 unspecified atom stereocenters. The normalized spacial score (nSPS) is 11.7. The van der Waals surface area contributed by atoms with Crippen LogP contribution >= 0.6 is 19.4 Å². The van der Waals surface area contributed by atoms with Gasteiger partial charge < -0.3 is 9.79 Å². The highest BCUT2D eigenvalue weighted by atomic mass is 35.5. The molecule has 0 amide bonds. The minimum atomic E-state index is -4.44. The number of phosphoric acid groups is 1. The van der Waals surface area contributed by atoms with Gasteiger partial charge in [0.15, 0.2) is 0 Å². The van der Waals surface area contributed by atoms with Crippen molar-refractivity contribution in [1.82, 2.24) is 9.97 Å². The van der Waals surface area contributed by atoms with E-state index in [0.717, 1.165) is 0 Å². The van der Waals surface area contributed by atoms with Crippen LogP contribution in [0.25, 0.3) is 0 Å². The van der Waals surface area contributed by atoms with E-state index < -0.39 is 19.1 Å². The van der Waals surface area contributed by atoms with Gasteiger partial charge in [-0.3, -0.25) is 19.3 Å². The maximum absolute atomic E-state index is 11.4. The number of halogens is 1. The van der Waals surface area contributed by atoms with E-state index in [4.69, 9.17) is 21.4 Å². The molecule has 0 saturated carbocycles. The Balaban J connectivity index is 2.48. The molecule has 4 N–H and O–H groups in total.